The highest BCUT2D eigenvalue weighted by Crippen LogP contribution is 2.12. The second-order valence-electron chi connectivity index (χ2n) is 5.63. The first-order chi connectivity index (χ1) is 7.11. The van der Waals surface area contributed by atoms with E-state index < -0.39 is 0 Å². The number of nitrogens with zero attached hydrogens (tertiary/aromatic N) is 1. The molecule has 1 aromatic heterocycles. The maximum absolute atomic E-state index is 5.35. The number of rotatable bonds is 0. The molecular formula is C16H38N2. The molecule has 18 heavy (non-hydrogen) atoms. The Bertz CT molecular complexity index is 229. The monoisotopic (exact) mass is 258 g/mol. The molecule has 0 saturated heterocycles. The Hall–Kier alpha value is -0.760. The van der Waals surface area contributed by atoms with E-state index >= 15 is 0 Å². The molecule has 2 heteroatoms. The van der Waals surface area contributed by atoms with Crippen molar-refractivity contribution in [3.05, 3.63) is 24.5 Å². The van der Waals surface area contributed by atoms with E-state index in [1.807, 2.05) is 46.8 Å². The van der Waals surface area contributed by atoms with E-state index in [9.17, 15) is 0 Å². The molecule has 0 atom stereocenters. The van der Waals surface area contributed by atoms with Crippen molar-refractivity contribution in [1.29, 1.82) is 0 Å². The molecular weight excluding hydrogens is 220 g/mol. The van der Waals surface area contributed by atoms with Crippen LogP contribution in [0.15, 0.2) is 24.5 Å². The molecule has 0 radical (unpaired) electrons. The van der Waals surface area contributed by atoms with E-state index in [2.05, 4.69) is 37.7 Å². The highest BCUT2D eigenvalue weighted by molar-refractivity contribution is 4.94. The average Bonchev–Trinajstić information content (AvgIpc) is 2.55. The van der Waals surface area contributed by atoms with Crippen LogP contribution < -0.4 is 5.73 Å². The third kappa shape index (κ3) is 20.6. The molecule has 0 fully saturated rings. The van der Waals surface area contributed by atoms with Crippen molar-refractivity contribution in [3.63, 3.8) is 0 Å². The number of hydrogen-bond acceptors (Lipinski definition) is 1. The fourth-order valence-electron chi connectivity index (χ4n) is 0.782. The van der Waals surface area contributed by atoms with E-state index in [-0.39, 0.29) is 25.9 Å². The van der Waals surface area contributed by atoms with Crippen LogP contribution in [0.1, 0.15) is 70.2 Å². The molecule has 0 unspecified atom stereocenters. The first-order valence-corrected chi connectivity index (χ1v) is 6.03. The first kappa shape index (κ1) is 25.9. The SMILES string of the molecule is C.C.CC.CC(C)(C)N.CC(C)(C)n1cccc1. The molecule has 0 bridgehead atoms. The lowest BCUT2D eigenvalue weighted by molar-refractivity contribution is 0.398. The molecule has 1 rings (SSSR count). The van der Waals surface area contributed by atoms with E-state index in [0.29, 0.717) is 0 Å². The van der Waals surface area contributed by atoms with Gasteiger partial charge in [-0.2, -0.15) is 0 Å². The van der Waals surface area contributed by atoms with Gasteiger partial charge in [0.2, 0.25) is 0 Å². The molecule has 0 aliphatic rings. The minimum absolute atomic E-state index is 0. The van der Waals surface area contributed by atoms with Crippen molar-refractivity contribution >= 4 is 0 Å². The smallest absolute Gasteiger partial charge is 0.0355 e. The summed E-state index contributed by atoms with van der Waals surface area (Å²) in [4.78, 5) is 0. The average molecular weight is 258 g/mol. The van der Waals surface area contributed by atoms with Gasteiger partial charge in [-0.05, 0) is 53.7 Å². The van der Waals surface area contributed by atoms with Gasteiger partial charge in [0.25, 0.3) is 0 Å². The lowest BCUT2D eigenvalue weighted by Crippen LogP contribution is -2.26. The van der Waals surface area contributed by atoms with Crippen LogP contribution in [0.25, 0.3) is 0 Å². The van der Waals surface area contributed by atoms with Crippen LogP contribution in [0.4, 0.5) is 0 Å². The number of hydrogen-bond donors (Lipinski definition) is 1. The van der Waals surface area contributed by atoms with Crippen molar-refractivity contribution in [2.75, 3.05) is 0 Å². The summed E-state index contributed by atoms with van der Waals surface area (Å²) in [6, 6.07) is 4.09. The van der Waals surface area contributed by atoms with Crippen molar-refractivity contribution < 1.29 is 0 Å². The van der Waals surface area contributed by atoms with Crippen molar-refractivity contribution in [2.45, 2.75) is 81.3 Å². The van der Waals surface area contributed by atoms with Crippen LogP contribution in [-0.2, 0) is 5.54 Å². The number of nitrogens with two attached hydrogens (primary N) is 1. The Kier molecular flexibility index (Phi) is 16.3. The van der Waals surface area contributed by atoms with Gasteiger partial charge in [-0.1, -0.05) is 28.7 Å². The summed E-state index contributed by atoms with van der Waals surface area (Å²) in [5.41, 5.74) is 5.59. The van der Waals surface area contributed by atoms with Crippen LogP contribution >= 0.6 is 0 Å². The molecule has 1 aromatic rings. The molecule has 0 aliphatic heterocycles. The fourth-order valence-corrected chi connectivity index (χ4v) is 0.782. The van der Waals surface area contributed by atoms with Gasteiger partial charge in [0, 0.05) is 23.5 Å². The predicted molar refractivity (Wildman–Crippen MR) is 88.2 cm³/mol. The van der Waals surface area contributed by atoms with Gasteiger partial charge < -0.3 is 10.3 Å². The van der Waals surface area contributed by atoms with Gasteiger partial charge in [-0.15, -0.1) is 0 Å². The Labute approximate surface area is 117 Å². The normalized spacial score (nSPS) is 9.61. The Balaban J connectivity index is -0.0000000959. The zero-order chi connectivity index (χ0) is 13.4. The first-order valence-electron chi connectivity index (χ1n) is 6.03. The largest absolute Gasteiger partial charge is 0.349 e. The third-order valence-corrected chi connectivity index (χ3v) is 1.38. The lowest BCUT2D eigenvalue weighted by Gasteiger charge is -2.20. The van der Waals surface area contributed by atoms with Gasteiger partial charge in [0.05, 0.1) is 0 Å². The molecule has 0 saturated carbocycles. The molecule has 0 aromatic carbocycles. The van der Waals surface area contributed by atoms with E-state index in [1.165, 1.54) is 0 Å². The summed E-state index contributed by atoms with van der Waals surface area (Å²) >= 11 is 0. The minimum atomic E-state index is 0. The van der Waals surface area contributed by atoms with Crippen LogP contribution in [0.3, 0.4) is 0 Å². The molecule has 0 aliphatic carbocycles. The van der Waals surface area contributed by atoms with Crippen LogP contribution in [0.2, 0.25) is 0 Å². The van der Waals surface area contributed by atoms with Gasteiger partial charge in [-0.3, -0.25) is 0 Å². The highest BCUT2D eigenvalue weighted by atomic mass is 15.0. The summed E-state index contributed by atoms with van der Waals surface area (Å²) in [5, 5.41) is 0. The molecule has 0 amide bonds. The quantitative estimate of drug-likeness (QED) is 0.674. The van der Waals surface area contributed by atoms with Gasteiger partial charge in [-0.25, -0.2) is 0 Å². The topological polar surface area (TPSA) is 30.9 Å². The Morgan fingerprint density at radius 3 is 1.11 bits per heavy atom. The molecule has 0 spiro atoms. The van der Waals surface area contributed by atoms with Crippen molar-refractivity contribution in [2.24, 2.45) is 5.73 Å². The zero-order valence-corrected chi connectivity index (χ0v) is 12.3. The molecule has 1 heterocycles. The molecule has 2 N–H and O–H groups in total. The third-order valence-electron chi connectivity index (χ3n) is 1.38. The van der Waals surface area contributed by atoms with E-state index in [4.69, 9.17) is 5.73 Å². The van der Waals surface area contributed by atoms with E-state index in [0.717, 1.165) is 0 Å². The van der Waals surface area contributed by atoms with Crippen LogP contribution in [0.5, 0.6) is 0 Å². The molecule has 112 valence electrons. The fraction of sp³-hybridized carbons (Fsp3) is 0.750. The van der Waals surface area contributed by atoms with Crippen molar-refractivity contribution in [1.82, 2.24) is 4.57 Å². The second-order valence-corrected chi connectivity index (χ2v) is 5.63. The van der Waals surface area contributed by atoms with Crippen LogP contribution in [-0.4, -0.2) is 10.1 Å². The second kappa shape index (κ2) is 11.3. The zero-order valence-electron chi connectivity index (χ0n) is 12.3. The lowest BCUT2D eigenvalue weighted by atomic mass is 10.1. The predicted octanol–water partition coefficient (Wildman–Crippen LogP) is 5.29. The van der Waals surface area contributed by atoms with Gasteiger partial charge >= 0.3 is 0 Å². The van der Waals surface area contributed by atoms with Crippen LogP contribution in [0, 0.1) is 0 Å². The standard InChI is InChI=1S/C8H13N.C4H11N.C2H6.2CH4/c1-8(2,3)9-6-4-5-7-9;1-4(2,3)5;1-2;;/h4-7H,1-3H3;5H2,1-3H3;1-2H3;2*1H4. The maximum Gasteiger partial charge on any atom is 0.0355 e. The minimum Gasteiger partial charge on any atom is -0.349 e. The van der Waals surface area contributed by atoms with Gasteiger partial charge in [0.1, 0.15) is 0 Å². The van der Waals surface area contributed by atoms with E-state index in [1.54, 1.807) is 0 Å². The maximum atomic E-state index is 5.35. The summed E-state index contributed by atoms with van der Waals surface area (Å²) in [5.74, 6) is 0. The summed E-state index contributed by atoms with van der Waals surface area (Å²) < 4.78 is 2.19. The van der Waals surface area contributed by atoms with Gasteiger partial charge in [0.15, 0.2) is 0 Å². The Morgan fingerprint density at radius 1 is 0.778 bits per heavy atom. The Morgan fingerprint density at radius 2 is 1.00 bits per heavy atom. The summed E-state index contributed by atoms with van der Waals surface area (Å²) in [7, 11) is 0. The van der Waals surface area contributed by atoms with Crippen molar-refractivity contribution in [3.8, 4) is 0 Å². The summed E-state index contributed by atoms with van der Waals surface area (Å²) in [6.45, 7) is 16.5. The number of aromatic nitrogens is 1. The summed E-state index contributed by atoms with van der Waals surface area (Å²) in [6.07, 6.45) is 4.17. The highest BCUT2D eigenvalue weighted by Gasteiger charge is 2.09. The molecule has 2 nitrogen and oxygen atoms in total.